The Kier molecular flexibility index (Phi) is 5.53. The van der Waals surface area contributed by atoms with Crippen molar-refractivity contribution in [3.05, 3.63) is 76.3 Å². The fourth-order valence-corrected chi connectivity index (χ4v) is 3.98. The number of carbonyl (C=O) groups is 2. The van der Waals surface area contributed by atoms with E-state index in [-0.39, 0.29) is 17.2 Å². The second kappa shape index (κ2) is 8.43. The van der Waals surface area contributed by atoms with Gasteiger partial charge in [-0.15, -0.1) is 0 Å². The average Bonchev–Trinajstić information content (AvgIpc) is 2.78. The highest BCUT2D eigenvalue weighted by molar-refractivity contribution is 6.06. The predicted octanol–water partition coefficient (Wildman–Crippen LogP) is 3.70. The summed E-state index contributed by atoms with van der Waals surface area (Å²) in [4.78, 5) is 37.3. The molecule has 1 aliphatic rings. The van der Waals surface area contributed by atoms with Crippen molar-refractivity contribution in [3.8, 4) is 0 Å². The van der Waals surface area contributed by atoms with E-state index in [1.165, 1.54) is 6.07 Å². The maximum absolute atomic E-state index is 12.7. The van der Waals surface area contributed by atoms with Crippen molar-refractivity contribution in [2.75, 3.05) is 23.3 Å². The van der Waals surface area contributed by atoms with Gasteiger partial charge >= 0.3 is 0 Å². The van der Waals surface area contributed by atoms with E-state index < -0.39 is 16.7 Å². The molecule has 0 unspecified atom stereocenters. The molecular formula is C23H22N4O4. The molecule has 3 N–H and O–H groups in total. The zero-order valence-corrected chi connectivity index (χ0v) is 16.8. The normalized spacial score (nSPS) is 16.1. The Morgan fingerprint density at radius 2 is 1.84 bits per heavy atom. The molecule has 3 aromatic carbocycles. The molecule has 1 atom stereocenters. The number of benzene rings is 3. The van der Waals surface area contributed by atoms with E-state index in [1.54, 1.807) is 23.1 Å². The minimum atomic E-state index is -0.504. The van der Waals surface area contributed by atoms with Crippen LogP contribution in [-0.4, -0.2) is 29.8 Å². The number of nitro benzene ring substituents is 1. The van der Waals surface area contributed by atoms with Crippen molar-refractivity contribution >= 4 is 39.6 Å². The van der Waals surface area contributed by atoms with Gasteiger partial charge in [0.25, 0.3) is 11.6 Å². The summed E-state index contributed by atoms with van der Waals surface area (Å²) < 4.78 is 0. The van der Waals surface area contributed by atoms with Crippen LogP contribution in [0.2, 0.25) is 0 Å². The number of hydrogen-bond donors (Lipinski definition) is 2. The molecule has 1 saturated heterocycles. The number of rotatable bonds is 5. The summed E-state index contributed by atoms with van der Waals surface area (Å²) in [6.07, 6.45) is 1.39. The SMILES string of the molecule is NC(=O)[C@@H]1CCCN(c2ccc(C(=O)Nc3ccc4ccccc4c3)cc2[N+](=O)[O-])C1. The number of nitrogens with zero attached hydrogens (tertiary/aromatic N) is 2. The van der Waals surface area contributed by atoms with Gasteiger partial charge in [-0.25, -0.2) is 0 Å². The van der Waals surface area contributed by atoms with E-state index >= 15 is 0 Å². The van der Waals surface area contributed by atoms with Gasteiger partial charge in [0.05, 0.1) is 10.8 Å². The third-order valence-corrected chi connectivity index (χ3v) is 5.61. The van der Waals surface area contributed by atoms with Crippen LogP contribution in [0.4, 0.5) is 17.1 Å². The second-order valence-corrected chi connectivity index (χ2v) is 7.66. The predicted molar refractivity (Wildman–Crippen MR) is 119 cm³/mol. The maximum atomic E-state index is 12.7. The summed E-state index contributed by atoms with van der Waals surface area (Å²) in [5.74, 6) is -1.18. The van der Waals surface area contributed by atoms with Gasteiger partial charge in [-0.2, -0.15) is 0 Å². The Hall–Kier alpha value is -3.94. The number of carbonyl (C=O) groups excluding carboxylic acids is 2. The first-order valence-corrected chi connectivity index (χ1v) is 10.1. The number of nitrogens with two attached hydrogens (primary N) is 1. The number of anilines is 2. The first-order valence-electron chi connectivity index (χ1n) is 10.1. The van der Waals surface area contributed by atoms with Crippen molar-refractivity contribution in [3.63, 3.8) is 0 Å². The van der Waals surface area contributed by atoms with Crippen LogP contribution >= 0.6 is 0 Å². The van der Waals surface area contributed by atoms with Crippen molar-refractivity contribution in [2.24, 2.45) is 11.7 Å². The van der Waals surface area contributed by atoms with E-state index in [0.717, 1.165) is 17.2 Å². The smallest absolute Gasteiger partial charge is 0.293 e. The Morgan fingerprint density at radius 3 is 2.58 bits per heavy atom. The second-order valence-electron chi connectivity index (χ2n) is 7.66. The Bertz CT molecular complexity index is 1180. The van der Waals surface area contributed by atoms with Crippen LogP contribution in [0.5, 0.6) is 0 Å². The van der Waals surface area contributed by atoms with Crippen LogP contribution < -0.4 is 16.0 Å². The van der Waals surface area contributed by atoms with E-state index in [2.05, 4.69) is 5.32 Å². The molecule has 8 nitrogen and oxygen atoms in total. The lowest BCUT2D eigenvalue weighted by atomic mass is 9.96. The van der Waals surface area contributed by atoms with Gasteiger partial charge in [-0.1, -0.05) is 30.3 Å². The molecule has 1 aliphatic heterocycles. The molecule has 0 saturated carbocycles. The fraction of sp³-hybridized carbons (Fsp3) is 0.217. The van der Waals surface area contributed by atoms with Gasteiger partial charge in [-0.3, -0.25) is 19.7 Å². The number of piperidine rings is 1. The summed E-state index contributed by atoms with van der Waals surface area (Å²) in [6, 6.07) is 17.7. The highest BCUT2D eigenvalue weighted by Gasteiger charge is 2.28. The van der Waals surface area contributed by atoms with Crippen LogP contribution in [0.3, 0.4) is 0 Å². The molecule has 8 heteroatoms. The fourth-order valence-electron chi connectivity index (χ4n) is 3.98. The van der Waals surface area contributed by atoms with Crippen molar-refractivity contribution in [1.29, 1.82) is 0 Å². The summed E-state index contributed by atoms with van der Waals surface area (Å²) in [5, 5.41) is 16.6. The van der Waals surface area contributed by atoms with Crippen LogP contribution in [0, 0.1) is 16.0 Å². The van der Waals surface area contributed by atoms with Crippen LogP contribution in [0.25, 0.3) is 10.8 Å². The summed E-state index contributed by atoms with van der Waals surface area (Å²) >= 11 is 0. The Morgan fingerprint density at radius 1 is 1.06 bits per heavy atom. The molecule has 2 amide bonds. The summed E-state index contributed by atoms with van der Waals surface area (Å²) in [7, 11) is 0. The van der Waals surface area contributed by atoms with E-state index in [4.69, 9.17) is 5.73 Å². The molecule has 1 heterocycles. The van der Waals surface area contributed by atoms with Crippen LogP contribution in [0.1, 0.15) is 23.2 Å². The summed E-state index contributed by atoms with van der Waals surface area (Å²) in [6.45, 7) is 0.923. The monoisotopic (exact) mass is 418 g/mol. The van der Waals surface area contributed by atoms with Crippen LogP contribution in [-0.2, 0) is 4.79 Å². The standard InChI is InChI=1S/C23H22N4O4/c24-22(28)18-6-3-11-26(14-18)20-10-8-17(13-21(20)27(30)31)23(29)25-19-9-7-15-4-1-2-5-16(15)12-19/h1-2,4-5,7-10,12-13,18H,3,6,11,14H2,(H2,24,28)(H,25,29)/t18-/m1/s1. The van der Waals surface area contributed by atoms with Crippen molar-refractivity contribution in [2.45, 2.75) is 12.8 Å². The van der Waals surface area contributed by atoms with Crippen LogP contribution in [0.15, 0.2) is 60.7 Å². The lowest BCUT2D eigenvalue weighted by Crippen LogP contribution is -2.41. The zero-order chi connectivity index (χ0) is 22.0. The van der Waals surface area contributed by atoms with Crippen molar-refractivity contribution in [1.82, 2.24) is 0 Å². The number of nitrogens with one attached hydrogen (secondary N) is 1. The van der Waals surface area contributed by atoms with E-state index in [9.17, 15) is 19.7 Å². The molecule has 0 aromatic heterocycles. The van der Waals surface area contributed by atoms with Gasteiger partial charge in [0, 0.05) is 30.4 Å². The number of hydrogen-bond acceptors (Lipinski definition) is 5. The third-order valence-electron chi connectivity index (χ3n) is 5.61. The maximum Gasteiger partial charge on any atom is 0.293 e. The van der Waals surface area contributed by atoms with Gasteiger partial charge in [0.2, 0.25) is 5.91 Å². The molecular weight excluding hydrogens is 396 g/mol. The topological polar surface area (TPSA) is 119 Å². The van der Waals surface area contributed by atoms with Gasteiger partial charge in [0.15, 0.2) is 0 Å². The molecule has 31 heavy (non-hydrogen) atoms. The van der Waals surface area contributed by atoms with Gasteiger partial charge in [0.1, 0.15) is 5.69 Å². The minimum Gasteiger partial charge on any atom is -0.369 e. The Labute approximate surface area is 178 Å². The molecule has 1 fully saturated rings. The first-order chi connectivity index (χ1) is 14.9. The quantitative estimate of drug-likeness (QED) is 0.484. The van der Waals surface area contributed by atoms with Crippen molar-refractivity contribution < 1.29 is 14.5 Å². The van der Waals surface area contributed by atoms with E-state index in [1.807, 2.05) is 36.4 Å². The van der Waals surface area contributed by atoms with Gasteiger partial charge < -0.3 is 16.0 Å². The van der Waals surface area contributed by atoms with E-state index in [0.29, 0.717) is 30.9 Å². The molecule has 3 aromatic rings. The number of fused-ring (bicyclic) bond motifs is 1. The lowest BCUT2D eigenvalue weighted by Gasteiger charge is -2.32. The minimum absolute atomic E-state index is 0.170. The number of nitro groups is 1. The highest BCUT2D eigenvalue weighted by Crippen LogP contribution is 2.33. The number of amides is 2. The zero-order valence-electron chi connectivity index (χ0n) is 16.8. The first kappa shape index (κ1) is 20.3. The number of primary amides is 1. The molecule has 0 radical (unpaired) electrons. The molecule has 0 spiro atoms. The summed E-state index contributed by atoms with van der Waals surface area (Å²) in [5.41, 5.74) is 6.44. The molecule has 4 rings (SSSR count). The third kappa shape index (κ3) is 4.32. The molecule has 0 bridgehead atoms. The largest absolute Gasteiger partial charge is 0.369 e. The molecule has 0 aliphatic carbocycles. The highest BCUT2D eigenvalue weighted by atomic mass is 16.6. The van der Waals surface area contributed by atoms with Gasteiger partial charge in [-0.05, 0) is 47.9 Å². The Balaban J connectivity index is 1.58. The average molecular weight is 418 g/mol. The molecule has 158 valence electrons. The lowest BCUT2D eigenvalue weighted by molar-refractivity contribution is -0.384.